The first kappa shape index (κ1) is 31.2. The fourth-order valence-electron chi connectivity index (χ4n) is 4.35. The van der Waals surface area contributed by atoms with Crippen LogP contribution in [-0.2, 0) is 30.6 Å². The molecule has 0 radical (unpaired) electrons. The SMILES string of the molecule is Cc1nc(N(C)C)c2ncn([C@@H]3O[C@H](COP(=S)(N[C@@H](C)C(=O)OC(C)C)Oc4ccccc4)[C@@H](O)[C@@]3(C)F)c2n1. The summed E-state index contributed by atoms with van der Waals surface area (Å²) in [6.45, 7) is 4.25. The lowest BCUT2D eigenvalue weighted by atomic mass is 9.98. The molecule has 0 spiro atoms. The van der Waals surface area contributed by atoms with Crippen molar-refractivity contribution in [2.24, 2.45) is 0 Å². The van der Waals surface area contributed by atoms with Crippen LogP contribution in [0.5, 0.6) is 5.75 Å². The zero-order valence-corrected chi connectivity index (χ0v) is 25.7. The summed E-state index contributed by atoms with van der Waals surface area (Å²) in [6, 6.07) is 7.84. The fourth-order valence-corrected chi connectivity index (χ4v) is 6.76. The predicted octanol–water partition coefficient (Wildman–Crippen LogP) is 3.44. The number of halogens is 1. The third-order valence-corrected chi connectivity index (χ3v) is 8.84. The summed E-state index contributed by atoms with van der Waals surface area (Å²) in [4.78, 5) is 27.6. The van der Waals surface area contributed by atoms with Crippen LogP contribution in [0.15, 0.2) is 36.7 Å². The minimum Gasteiger partial charge on any atom is -0.462 e. The summed E-state index contributed by atoms with van der Waals surface area (Å²) in [6.07, 6.45) is -2.92. The van der Waals surface area contributed by atoms with Crippen molar-refractivity contribution in [2.45, 2.75) is 70.9 Å². The molecule has 1 fully saturated rings. The molecule has 1 aliphatic heterocycles. The zero-order chi connectivity index (χ0) is 30.1. The molecule has 1 aliphatic rings. The van der Waals surface area contributed by atoms with E-state index in [-0.39, 0.29) is 12.7 Å². The number of aliphatic hydroxyl groups is 1. The lowest BCUT2D eigenvalue weighted by Crippen LogP contribution is -2.41. The van der Waals surface area contributed by atoms with E-state index in [9.17, 15) is 9.90 Å². The van der Waals surface area contributed by atoms with Gasteiger partial charge in [0.1, 0.15) is 29.8 Å². The van der Waals surface area contributed by atoms with Crippen LogP contribution in [0.1, 0.15) is 39.7 Å². The number of carbonyl (C=O) groups is 1. The minimum absolute atomic E-state index is 0.330. The average molecular weight is 611 g/mol. The van der Waals surface area contributed by atoms with Gasteiger partial charge in [0.25, 0.3) is 0 Å². The fraction of sp³-hybridized carbons (Fsp3) is 0.538. The molecule has 12 nitrogen and oxygen atoms in total. The number of esters is 1. The van der Waals surface area contributed by atoms with Gasteiger partial charge in [0.05, 0.1) is 19.0 Å². The van der Waals surface area contributed by atoms with Gasteiger partial charge in [-0.1, -0.05) is 18.2 Å². The van der Waals surface area contributed by atoms with Crippen LogP contribution in [0, 0.1) is 6.92 Å². The molecule has 3 aromatic rings. The maximum Gasteiger partial charge on any atom is 0.323 e. The molecule has 6 atom stereocenters. The van der Waals surface area contributed by atoms with Gasteiger partial charge < -0.3 is 28.5 Å². The number of para-hydroxylation sites is 1. The van der Waals surface area contributed by atoms with Crippen molar-refractivity contribution in [1.29, 1.82) is 0 Å². The number of nitrogens with zero attached hydrogens (tertiary/aromatic N) is 5. The van der Waals surface area contributed by atoms with Gasteiger partial charge >= 0.3 is 12.6 Å². The first-order chi connectivity index (χ1) is 19.2. The number of carbonyl (C=O) groups excluding carboxylic acids is 1. The Morgan fingerprint density at radius 1 is 1.29 bits per heavy atom. The molecule has 0 bridgehead atoms. The Bertz CT molecular complexity index is 1420. The molecule has 2 aromatic heterocycles. The standard InChI is InChI=1S/C26H36FN6O6PS/c1-15(2)37-24(35)16(3)31-40(41,39-18-11-9-8-10-12-18)36-13-19-21(34)26(5,27)25(38-19)33-14-28-20-22(32(6)7)29-17(4)30-23(20)33/h8-12,14-16,19,21,25,34H,13H2,1-7H3,(H,31,41)/t16-,19+,21+,25+,26+,40?/m0/s1. The number of aromatic nitrogens is 4. The first-order valence-corrected chi connectivity index (χ1v) is 15.7. The van der Waals surface area contributed by atoms with Crippen LogP contribution in [0.2, 0.25) is 0 Å². The second-order valence-electron chi connectivity index (χ2n) is 10.5. The van der Waals surface area contributed by atoms with Gasteiger partial charge in [-0.05, 0) is 58.6 Å². The Balaban J connectivity index is 1.57. The normalized spacial score (nSPS) is 24.8. The number of benzene rings is 1. The number of ether oxygens (including phenoxy) is 2. The number of rotatable bonds is 11. The van der Waals surface area contributed by atoms with Gasteiger partial charge in [0.15, 0.2) is 28.9 Å². The van der Waals surface area contributed by atoms with Crippen LogP contribution >= 0.6 is 6.64 Å². The highest BCUT2D eigenvalue weighted by Gasteiger charge is 2.56. The van der Waals surface area contributed by atoms with Crippen molar-refractivity contribution in [1.82, 2.24) is 24.6 Å². The minimum atomic E-state index is -3.43. The molecule has 3 heterocycles. The topological polar surface area (TPSA) is 133 Å². The molecule has 1 saturated heterocycles. The van der Waals surface area contributed by atoms with E-state index in [2.05, 4.69) is 20.0 Å². The number of aryl methyl sites for hydroxylation is 1. The monoisotopic (exact) mass is 610 g/mol. The van der Waals surface area contributed by atoms with Gasteiger partial charge in [0.2, 0.25) is 0 Å². The van der Waals surface area contributed by atoms with Crippen molar-refractivity contribution < 1.29 is 32.8 Å². The molecular weight excluding hydrogens is 574 g/mol. The Labute approximate surface area is 243 Å². The molecule has 2 N–H and O–H groups in total. The third kappa shape index (κ3) is 6.85. The quantitative estimate of drug-likeness (QED) is 0.243. The maximum atomic E-state index is 16.1. The van der Waals surface area contributed by atoms with Gasteiger partial charge in [0, 0.05) is 14.1 Å². The lowest BCUT2D eigenvalue weighted by molar-refractivity contribution is -0.149. The van der Waals surface area contributed by atoms with Gasteiger partial charge in [-0.15, -0.1) is 0 Å². The molecule has 0 amide bonds. The summed E-state index contributed by atoms with van der Waals surface area (Å²) in [5.41, 5.74) is -1.42. The largest absolute Gasteiger partial charge is 0.462 e. The van der Waals surface area contributed by atoms with E-state index >= 15 is 4.39 Å². The van der Waals surface area contributed by atoms with Crippen molar-refractivity contribution >= 4 is 41.4 Å². The highest BCUT2D eigenvalue weighted by atomic mass is 32.5. The lowest BCUT2D eigenvalue weighted by Gasteiger charge is -2.28. The van der Waals surface area contributed by atoms with Crippen molar-refractivity contribution in [3.8, 4) is 5.75 Å². The van der Waals surface area contributed by atoms with Crippen molar-refractivity contribution in [2.75, 3.05) is 25.6 Å². The molecule has 1 aromatic carbocycles. The Hall–Kier alpha value is -2.74. The zero-order valence-electron chi connectivity index (χ0n) is 24.0. The highest BCUT2D eigenvalue weighted by molar-refractivity contribution is 8.09. The number of fused-ring (bicyclic) bond motifs is 1. The van der Waals surface area contributed by atoms with Crippen LogP contribution in [0.4, 0.5) is 10.2 Å². The molecule has 0 saturated carbocycles. The molecule has 41 heavy (non-hydrogen) atoms. The second kappa shape index (κ2) is 12.2. The van der Waals surface area contributed by atoms with E-state index in [1.165, 1.54) is 17.8 Å². The van der Waals surface area contributed by atoms with Crippen LogP contribution in [-0.4, -0.2) is 81.3 Å². The van der Waals surface area contributed by atoms with E-state index < -0.39 is 42.8 Å². The number of hydrogen-bond acceptors (Lipinski definition) is 11. The van der Waals surface area contributed by atoms with Gasteiger partial charge in [-0.3, -0.25) is 9.36 Å². The molecule has 1 unspecified atom stereocenters. The van der Waals surface area contributed by atoms with Gasteiger partial charge in [-0.25, -0.2) is 24.4 Å². The molecule has 0 aliphatic carbocycles. The summed E-state index contributed by atoms with van der Waals surface area (Å²) in [7, 11) is 3.64. The average Bonchev–Trinajstić information content (AvgIpc) is 3.40. The third-order valence-electron chi connectivity index (χ3n) is 6.34. The molecule has 4 rings (SSSR count). The van der Waals surface area contributed by atoms with E-state index in [4.69, 9.17) is 30.3 Å². The summed E-state index contributed by atoms with van der Waals surface area (Å²) in [5.74, 6) is 0.909. The molecule has 15 heteroatoms. The summed E-state index contributed by atoms with van der Waals surface area (Å²) < 4.78 is 40.9. The maximum absolute atomic E-state index is 16.1. The van der Waals surface area contributed by atoms with Crippen LogP contribution in [0.25, 0.3) is 11.2 Å². The van der Waals surface area contributed by atoms with Crippen LogP contribution in [0.3, 0.4) is 0 Å². The van der Waals surface area contributed by atoms with Crippen molar-refractivity contribution in [3.63, 3.8) is 0 Å². The number of anilines is 1. The summed E-state index contributed by atoms with van der Waals surface area (Å²) in [5, 5.41) is 13.9. The summed E-state index contributed by atoms with van der Waals surface area (Å²) >= 11 is 5.73. The highest BCUT2D eigenvalue weighted by Crippen LogP contribution is 2.48. The van der Waals surface area contributed by atoms with Crippen LogP contribution < -0.4 is 14.5 Å². The van der Waals surface area contributed by atoms with E-state index in [1.807, 2.05) is 20.2 Å². The number of nitrogens with one attached hydrogen (secondary N) is 1. The number of alkyl halides is 1. The second-order valence-corrected chi connectivity index (χ2v) is 13.6. The Morgan fingerprint density at radius 3 is 2.61 bits per heavy atom. The first-order valence-electron chi connectivity index (χ1n) is 13.1. The smallest absolute Gasteiger partial charge is 0.323 e. The molecule has 224 valence electrons. The van der Waals surface area contributed by atoms with Gasteiger partial charge in [-0.2, -0.15) is 0 Å². The van der Waals surface area contributed by atoms with E-state index in [0.29, 0.717) is 28.6 Å². The Kier molecular flexibility index (Phi) is 9.32. The predicted molar refractivity (Wildman–Crippen MR) is 155 cm³/mol. The van der Waals surface area contributed by atoms with E-state index in [1.54, 1.807) is 56.9 Å². The van der Waals surface area contributed by atoms with Crippen molar-refractivity contribution in [3.05, 3.63) is 42.5 Å². The number of aliphatic hydroxyl groups excluding tert-OH is 1. The Morgan fingerprint density at radius 2 is 1.98 bits per heavy atom. The molecular formula is C26H36FN6O6PS. The number of imidazole rings is 1. The number of hydrogen-bond donors (Lipinski definition) is 2. The van der Waals surface area contributed by atoms with E-state index in [0.717, 1.165) is 0 Å².